The lowest BCUT2D eigenvalue weighted by Gasteiger charge is -2.33. The summed E-state index contributed by atoms with van der Waals surface area (Å²) in [6.07, 6.45) is 5.70. The number of piperidine rings is 1. The Morgan fingerprint density at radius 1 is 1.39 bits per heavy atom. The summed E-state index contributed by atoms with van der Waals surface area (Å²) in [5.41, 5.74) is 1.03. The molecule has 1 atom stereocenters. The highest BCUT2D eigenvalue weighted by molar-refractivity contribution is 5.81. The van der Waals surface area contributed by atoms with Crippen molar-refractivity contribution in [3.05, 3.63) is 17.5 Å². The van der Waals surface area contributed by atoms with Crippen LogP contribution in [0.2, 0.25) is 0 Å². The lowest BCUT2D eigenvalue weighted by molar-refractivity contribution is -0.142. The fourth-order valence-corrected chi connectivity index (χ4v) is 3.34. The predicted octanol–water partition coefficient (Wildman–Crippen LogP) is 1.89. The van der Waals surface area contributed by atoms with Crippen LogP contribution in [-0.2, 0) is 22.5 Å². The number of aryl methyl sites for hydroxylation is 1. The topological polar surface area (TPSA) is 67.6 Å². The molecule has 2 aliphatic rings. The molecule has 2 aliphatic heterocycles. The molecule has 0 unspecified atom stereocenters. The standard InChI is InChI=1S/C17H27N3O3/c1-2-4-14-11-15(23-19-14)12-18-13-6-8-20(9-7-13)17(21)16-5-3-10-22-16/h11,13,16,18H,2-10,12H2,1H3/t16-/m0/s1. The number of rotatable bonds is 6. The van der Waals surface area contributed by atoms with E-state index in [1.807, 2.05) is 11.0 Å². The highest BCUT2D eigenvalue weighted by Crippen LogP contribution is 2.18. The van der Waals surface area contributed by atoms with Gasteiger partial charge in [-0.25, -0.2) is 0 Å². The van der Waals surface area contributed by atoms with Crippen molar-refractivity contribution >= 4 is 5.91 Å². The van der Waals surface area contributed by atoms with Crippen molar-refractivity contribution in [3.8, 4) is 0 Å². The second kappa shape index (κ2) is 7.93. The van der Waals surface area contributed by atoms with Crippen LogP contribution in [0, 0.1) is 0 Å². The molecule has 3 rings (SSSR count). The van der Waals surface area contributed by atoms with Crippen LogP contribution in [0.3, 0.4) is 0 Å². The molecule has 2 saturated heterocycles. The molecule has 0 saturated carbocycles. The molecule has 1 N–H and O–H groups in total. The maximum absolute atomic E-state index is 12.3. The minimum atomic E-state index is -0.189. The Balaban J connectivity index is 1.39. The number of aromatic nitrogens is 1. The highest BCUT2D eigenvalue weighted by Gasteiger charge is 2.30. The number of carbonyl (C=O) groups excluding carboxylic acids is 1. The number of nitrogens with zero attached hydrogens (tertiary/aromatic N) is 2. The Bertz CT molecular complexity index is 503. The molecule has 1 amide bonds. The smallest absolute Gasteiger partial charge is 0.251 e. The SMILES string of the molecule is CCCc1cc(CNC2CCN(C(=O)[C@@H]3CCCO3)CC2)on1. The largest absolute Gasteiger partial charge is 0.368 e. The molecule has 0 radical (unpaired) electrons. The number of likely N-dealkylation sites (tertiary alicyclic amines) is 1. The second-order valence-corrected chi connectivity index (χ2v) is 6.52. The van der Waals surface area contributed by atoms with Gasteiger partial charge in [-0.15, -0.1) is 0 Å². The van der Waals surface area contributed by atoms with Crippen LogP contribution in [0.15, 0.2) is 10.6 Å². The van der Waals surface area contributed by atoms with Crippen LogP contribution < -0.4 is 5.32 Å². The third-order valence-electron chi connectivity index (χ3n) is 4.69. The van der Waals surface area contributed by atoms with Crippen molar-refractivity contribution in [2.45, 2.75) is 64.1 Å². The van der Waals surface area contributed by atoms with E-state index in [0.29, 0.717) is 12.6 Å². The number of amides is 1. The first kappa shape index (κ1) is 16.5. The van der Waals surface area contributed by atoms with Crippen molar-refractivity contribution < 1.29 is 14.1 Å². The van der Waals surface area contributed by atoms with Gasteiger partial charge in [-0.1, -0.05) is 18.5 Å². The Hall–Kier alpha value is -1.40. The molecular weight excluding hydrogens is 294 g/mol. The van der Waals surface area contributed by atoms with Gasteiger partial charge in [-0.3, -0.25) is 4.79 Å². The zero-order valence-corrected chi connectivity index (χ0v) is 13.9. The van der Waals surface area contributed by atoms with E-state index in [-0.39, 0.29) is 12.0 Å². The third-order valence-corrected chi connectivity index (χ3v) is 4.69. The first-order valence-corrected chi connectivity index (χ1v) is 8.84. The molecular formula is C17H27N3O3. The van der Waals surface area contributed by atoms with Crippen LogP contribution in [0.4, 0.5) is 0 Å². The molecule has 0 aliphatic carbocycles. The lowest BCUT2D eigenvalue weighted by Crippen LogP contribution is -2.47. The molecule has 1 aromatic rings. The molecule has 0 bridgehead atoms. The molecule has 6 nitrogen and oxygen atoms in total. The highest BCUT2D eigenvalue weighted by atomic mass is 16.5. The first-order valence-electron chi connectivity index (χ1n) is 8.84. The first-order chi connectivity index (χ1) is 11.3. The van der Waals surface area contributed by atoms with Gasteiger partial charge in [0.25, 0.3) is 5.91 Å². The maximum atomic E-state index is 12.3. The van der Waals surface area contributed by atoms with Gasteiger partial charge in [0.15, 0.2) is 5.76 Å². The van der Waals surface area contributed by atoms with Gasteiger partial charge in [0, 0.05) is 31.8 Å². The number of ether oxygens (including phenoxy) is 1. The Morgan fingerprint density at radius 3 is 2.91 bits per heavy atom. The van der Waals surface area contributed by atoms with Gasteiger partial charge in [-0.2, -0.15) is 0 Å². The average molecular weight is 321 g/mol. The van der Waals surface area contributed by atoms with Crippen molar-refractivity contribution in [1.29, 1.82) is 0 Å². The average Bonchev–Trinajstić information content (AvgIpc) is 3.25. The third kappa shape index (κ3) is 4.32. The molecule has 6 heteroatoms. The van der Waals surface area contributed by atoms with E-state index >= 15 is 0 Å². The van der Waals surface area contributed by atoms with Gasteiger partial charge in [-0.05, 0) is 32.1 Å². The maximum Gasteiger partial charge on any atom is 0.251 e. The van der Waals surface area contributed by atoms with Crippen LogP contribution in [0.1, 0.15) is 50.5 Å². The minimum Gasteiger partial charge on any atom is -0.368 e. The van der Waals surface area contributed by atoms with E-state index in [0.717, 1.165) is 69.7 Å². The van der Waals surface area contributed by atoms with E-state index in [2.05, 4.69) is 17.4 Å². The molecule has 1 aromatic heterocycles. The van der Waals surface area contributed by atoms with E-state index in [1.165, 1.54) is 0 Å². The van der Waals surface area contributed by atoms with Crippen molar-refractivity contribution in [1.82, 2.24) is 15.4 Å². The summed E-state index contributed by atoms with van der Waals surface area (Å²) in [7, 11) is 0. The fraction of sp³-hybridized carbons (Fsp3) is 0.765. The van der Waals surface area contributed by atoms with Crippen molar-refractivity contribution in [2.24, 2.45) is 0 Å². The number of nitrogens with one attached hydrogen (secondary N) is 1. The van der Waals surface area contributed by atoms with E-state index in [1.54, 1.807) is 0 Å². The Morgan fingerprint density at radius 2 is 2.22 bits per heavy atom. The normalized spacial score (nSPS) is 22.7. The van der Waals surface area contributed by atoms with E-state index in [4.69, 9.17) is 9.26 Å². The summed E-state index contributed by atoms with van der Waals surface area (Å²) >= 11 is 0. The number of hydrogen-bond donors (Lipinski definition) is 1. The van der Waals surface area contributed by atoms with Gasteiger partial charge in [0.05, 0.1) is 12.2 Å². The summed E-state index contributed by atoms with van der Waals surface area (Å²) in [5.74, 6) is 1.08. The van der Waals surface area contributed by atoms with E-state index < -0.39 is 0 Å². The summed E-state index contributed by atoms with van der Waals surface area (Å²) in [4.78, 5) is 14.3. The van der Waals surface area contributed by atoms with Gasteiger partial charge >= 0.3 is 0 Å². The zero-order chi connectivity index (χ0) is 16.1. The molecule has 128 valence electrons. The lowest BCUT2D eigenvalue weighted by atomic mass is 10.0. The summed E-state index contributed by atoms with van der Waals surface area (Å²) in [6, 6.07) is 2.47. The summed E-state index contributed by atoms with van der Waals surface area (Å²) in [5, 5.41) is 7.59. The second-order valence-electron chi connectivity index (χ2n) is 6.52. The number of hydrogen-bond acceptors (Lipinski definition) is 5. The Kier molecular flexibility index (Phi) is 5.67. The van der Waals surface area contributed by atoms with Crippen molar-refractivity contribution in [3.63, 3.8) is 0 Å². The van der Waals surface area contributed by atoms with E-state index in [9.17, 15) is 4.79 Å². The van der Waals surface area contributed by atoms with Gasteiger partial charge < -0.3 is 19.5 Å². The van der Waals surface area contributed by atoms with Crippen LogP contribution in [0.5, 0.6) is 0 Å². The number of carbonyl (C=O) groups is 1. The summed E-state index contributed by atoms with van der Waals surface area (Å²) in [6.45, 7) is 5.20. The van der Waals surface area contributed by atoms with Crippen LogP contribution in [-0.4, -0.2) is 47.8 Å². The molecule has 0 aromatic carbocycles. The fourth-order valence-electron chi connectivity index (χ4n) is 3.34. The van der Waals surface area contributed by atoms with Crippen LogP contribution in [0.25, 0.3) is 0 Å². The van der Waals surface area contributed by atoms with Crippen molar-refractivity contribution in [2.75, 3.05) is 19.7 Å². The molecule has 0 spiro atoms. The molecule has 23 heavy (non-hydrogen) atoms. The van der Waals surface area contributed by atoms with Gasteiger partial charge in [0.2, 0.25) is 0 Å². The predicted molar refractivity (Wildman–Crippen MR) is 85.9 cm³/mol. The minimum absolute atomic E-state index is 0.181. The Labute approximate surface area is 137 Å². The molecule has 2 fully saturated rings. The van der Waals surface area contributed by atoms with Crippen LogP contribution >= 0.6 is 0 Å². The monoisotopic (exact) mass is 321 g/mol. The van der Waals surface area contributed by atoms with Gasteiger partial charge in [0.1, 0.15) is 6.10 Å². The summed E-state index contributed by atoms with van der Waals surface area (Å²) < 4.78 is 10.8. The molecule has 3 heterocycles. The zero-order valence-electron chi connectivity index (χ0n) is 13.9. The quantitative estimate of drug-likeness (QED) is 0.866.